The fourth-order valence-electron chi connectivity index (χ4n) is 2.37. The van der Waals surface area contributed by atoms with Crippen molar-refractivity contribution in [1.29, 1.82) is 0 Å². The Morgan fingerprint density at radius 3 is 2.79 bits per heavy atom. The Bertz CT molecular complexity index is 493. The number of benzene rings is 1. The lowest BCUT2D eigenvalue weighted by Crippen LogP contribution is -2.31. The smallest absolute Gasteiger partial charge is 0.282 e. The van der Waals surface area contributed by atoms with Crippen LogP contribution in [0.15, 0.2) is 24.3 Å². The number of amides is 1. The maximum atomic E-state index is 12.0. The Morgan fingerprint density at radius 1 is 1.42 bits per heavy atom. The summed E-state index contributed by atoms with van der Waals surface area (Å²) in [6.07, 6.45) is 3.35. The van der Waals surface area contributed by atoms with E-state index in [-0.39, 0.29) is 17.2 Å². The number of hydrogen-bond acceptors (Lipinski definition) is 3. The van der Waals surface area contributed by atoms with Crippen molar-refractivity contribution in [2.45, 2.75) is 24.1 Å². The van der Waals surface area contributed by atoms with E-state index in [0.29, 0.717) is 17.3 Å². The molecule has 6 heteroatoms. The summed E-state index contributed by atoms with van der Waals surface area (Å²) >= 11 is 3.59. The highest BCUT2D eigenvalue weighted by molar-refractivity contribution is 9.09. The maximum Gasteiger partial charge on any atom is 0.282 e. The molecule has 1 amide bonds. The van der Waals surface area contributed by atoms with Crippen LogP contribution in [0.5, 0.6) is 0 Å². The average molecular weight is 327 g/mol. The Balaban J connectivity index is 2.02. The number of carbonyl (C=O) groups excluding carboxylic acids is 1. The first-order valence-corrected chi connectivity index (χ1v) is 7.17. The van der Waals surface area contributed by atoms with E-state index in [1.165, 1.54) is 12.1 Å². The lowest BCUT2D eigenvalue weighted by atomic mass is 10.1. The van der Waals surface area contributed by atoms with Crippen LogP contribution in [0, 0.1) is 16.0 Å². The average Bonchev–Trinajstić information content (AvgIpc) is 2.81. The molecule has 19 heavy (non-hydrogen) atoms. The van der Waals surface area contributed by atoms with E-state index in [1.54, 1.807) is 12.1 Å². The zero-order valence-corrected chi connectivity index (χ0v) is 11.9. The van der Waals surface area contributed by atoms with Crippen LogP contribution in [0.2, 0.25) is 0 Å². The van der Waals surface area contributed by atoms with E-state index in [9.17, 15) is 14.9 Å². The quantitative estimate of drug-likeness (QED) is 0.525. The van der Waals surface area contributed by atoms with Gasteiger partial charge in [0.25, 0.3) is 11.6 Å². The summed E-state index contributed by atoms with van der Waals surface area (Å²) in [6.45, 7) is 0.556. The van der Waals surface area contributed by atoms with Crippen molar-refractivity contribution < 1.29 is 9.72 Å². The first-order chi connectivity index (χ1) is 9.09. The number of rotatable bonds is 4. The SMILES string of the molecule is O=C(NCC1CCCC1Br)c1ccccc1[N+](=O)[O-]. The Kier molecular flexibility index (Phi) is 4.52. The van der Waals surface area contributed by atoms with Gasteiger partial charge in [0.05, 0.1) is 4.92 Å². The van der Waals surface area contributed by atoms with Crippen LogP contribution in [-0.2, 0) is 0 Å². The zero-order chi connectivity index (χ0) is 13.8. The molecule has 0 heterocycles. The molecule has 1 saturated carbocycles. The van der Waals surface area contributed by atoms with Gasteiger partial charge in [0.2, 0.25) is 0 Å². The molecular weight excluding hydrogens is 312 g/mol. The molecule has 1 aromatic carbocycles. The van der Waals surface area contributed by atoms with Gasteiger partial charge in [-0.3, -0.25) is 14.9 Å². The third-order valence-electron chi connectivity index (χ3n) is 3.44. The molecule has 0 spiro atoms. The van der Waals surface area contributed by atoms with Crippen molar-refractivity contribution in [3.63, 3.8) is 0 Å². The topological polar surface area (TPSA) is 72.2 Å². The summed E-state index contributed by atoms with van der Waals surface area (Å²) in [5, 5.41) is 13.6. The van der Waals surface area contributed by atoms with E-state index in [2.05, 4.69) is 21.2 Å². The molecule has 1 fully saturated rings. The van der Waals surface area contributed by atoms with Crippen molar-refractivity contribution in [1.82, 2.24) is 5.32 Å². The second kappa shape index (κ2) is 6.14. The van der Waals surface area contributed by atoms with Gasteiger partial charge in [-0.05, 0) is 24.8 Å². The summed E-state index contributed by atoms with van der Waals surface area (Å²) in [6, 6.07) is 6.01. The Morgan fingerprint density at radius 2 is 2.16 bits per heavy atom. The number of carbonyl (C=O) groups is 1. The fraction of sp³-hybridized carbons (Fsp3) is 0.462. The first kappa shape index (κ1) is 14.0. The van der Waals surface area contributed by atoms with Crippen molar-refractivity contribution in [2.24, 2.45) is 5.92 Å². The molecule has 1 aromatic rings. The minimum absolute atomic E-state index is 0.122. The van der Waals surface area contributed by atoms with Crippen molar-refractivity contribution in [2.75, 3.05) is 6.54 Å². The highest BCUT2D eigenvalue weighted by Crippen LogP contribution is 2.31. The summed E-state index contributed by atoms with van der Waals surface area (Å²) < 4.78 is 0. The molecule has 2 unspecified atom stereocenters. The molecule has 0 aliphatic heterocycles. The monoisotopic (exact) mass is 326 g/mol. The molecule has 5 nitrogen and oxygen atoms in total. The number of hydrogen-bond donors (Lipinski definition) is 1. The molecule has 0 saturated heterocycles. The number of nitrogens with zero attached hydrogens (tertiary/aromatic N) is 1. The predicted molar refractivity (Wildman–Crippen MR) is 75.5 cm³/mol. The van der Waals surface area contributed by atoms with Crippen LogP contribution in [0.1, 0.15) is 29.6 Å². The van der Waals surface area contributed by atoms with E-state index < -0.39 is 4.92 Å². The van der Waals surface area contributed by atoms with Gasteiger partial charge in [-0.1, -0.05) is 34.5 Å². The third-order valence-corrected chi connectivity index (χ3v) is 4.64. The standard InChI is InChI=1S/C13H15BrN2O3/c14-11-6-3-4-9(11)8-15-13(17)10-5-1-2-7-12(10)16(18)19/h1-2,5,7,9,11H,3-4,6,8H2,(H,15,17). The number of nitro groups is 1. The van der Waals surface area contributed by atoms with E-state index in [1.807, 2.05) is 0 Å². The molecule has 1 aliphatic rings. The number of nitrogens with one attached hydrogen (secondary N) is 1. The Labute approximate surface area is 119 Å². The highest BCUT2D eigenvalue weighted by Gasteiger charge is 2.26. The molecule has 0 radical (unpaired) electrons. The molecule has 1 aliphatic carbocycles. The van der Waals surface area contributed by atoms with Crippen LogP contribution in [-0.4, -0.2) is 22.2 Å². The van der Waals surface area contributed by atoms with Gasteiger partial charge in [-0.2, -0.15) is 0 Å². The van der Waals surface area contributed by atoms with Gasteiger partial charge >= 0.3 is 0 Å². The Hall–Kier alpha value is -1.43. The van der Waals surface area contributed by atoms with Gasteiger partial charge in [0, 0.05) is 17.4 Å². The molecule has 0 bridgehead atoms. The van der Waals surface area contributed by atoms with Gasteiger partial charge < -0.3 is 5.32 Å². The largest absolute Gasteiger partial charge is 0.351 e. The van der Waals surface area contributed by atoms with Crippen LogP contribution in [0.4, 0.5) is 5.69 Å². The first-order valence-electron chi connectivity index (χ1n) is 6.25. The van der Waals surface area contributed by atoms with E-state index >= 15 is 0 Å². The minimum Gasteiger partial charge on any atom is -0.351 e. The third kappa shape index (κ3) is 3.32. The van der Waals surface area contributed by atoms with Gasteiger partial charge in [0.15, 0.2) is 0 Å². The van der Waals surface area contributed by atoms with Gasteiger partial charge in [-0.25, -0.2) is 0 Å². The molecule has 1 N–H and O–H groups in total. The molecule has 2 rings (SSSR count). The molecule has 0 aromatic heterocycles. The number of alkyl halides is 1. The normalized spacial score (nSPS) is 22.2. The van der Waals surface area contributed by atoms with Crippen molar-refractivity contribution in [3.8, 4) is 0 Å². The minimum atomic E-state index is -0.530. The molecule has 2 atom stereocenters. The summed E-state index contributed by atoms with van der Waals surface area (Å²) in [7, 11) is 0. The lowest BCUT2D eigenvalue weighted by Gasteiger charge is -2.14. The fourth-order valence-corrected chi connectivity index (χ4v) is 3.14. The van der Waals surface area contributed by atoms with Gasteiger partial charge in [0.1, 0.15) is 5.56 Å². The number of para-hydroxylation sites is 1. The van der Waals surface area contributed by atoms with Crippen LogP contribution >= 0.6 is 15.9 Å². The molecular formula is C13H15BrN2O3. The number of halogens is 1. The van der Waals surface area contributed by atoms with E-state index in [4.69, 9.17) is 0 Å². The van der Waals surface area contributed by atoms with Crippen molar-refractivity contribution >= 4 is 27.5 Å². The summed E-state index contributed by atoms with van der Waals surface area (Å²) in [5.74, 6) is 0.0330. The zero-order valence-electron chi connectivity index (χ0n) is 10.3. The van der Waals surface area contributed by atoms with E-state index in [0.717, 1.165) is 19.3 Å². The summed E-state index contributed by atoms with van der Waals surface area (Å²) in [5.41, 5.74) is -0.0292. The highest BCUT2D eigenvalue weighted by atomic mass is 79.9. The van der Waals surface area contributed by atoms with Crippen LogP contribution < -0.4 is 5.32 Å². The second-order valence-electron chi connectivity index (χ2n) is 4.69. The van der Waals surface area contributed by atoms with Crippen LogP contribution in [0.3, 0.4) is 0 Å². The number of nitro benzene ring substituents is 1. The lowest BCUT2D eigenvalue weighted by molar-refractivity contribution is -0.385. The predicted octanol–water partition coefficient (Wildman–Crippen LogP) is 2.89. The van der Waals surface area contributed by atoms with Crippen LogP contribution in [0.25, 0.3) is 0 Å². The maximum absolute atomic E-state index is 12.0. The van der Waals surface area contributed by atoms with Crippen molar-refractivity contribution in [3.05, 3.63) is 39.9 Å². The second-order valence-corrected chi connectivity index (χ2v) is 5.87. The molecule has 102 valence electrons. The van der Waals surface area contributed by atoms with Gasteiger partial charge in [-0.15, -0.1) is 0 Å². The summed E-state index contributed by atoms with van der Waals surface area (Å²) in [4.78, 5) is 22.8.